The Hall–Kier alpha value is -3.83. The molecule has 10 nitrogen and oxygen atoms in total. The summed E-state index contributed by atoms with van der Waals surface area (Å²) < 4.78 is 28.3. The molecule has 0 unspecified atom stereocenters. The van der Waals surface area contributed by atoms with E-state index in [4.69, 9.17) is 5.10 Å². The Morgan fingerprint density at radius 3 is 2.68 bits per heavy atom. The molecule has 1 aliphatic rings. The summed E-state index contributed by atoms with van der Waals surface area (Å²) in [5.74, 6) is 0.139. The minimum Gasteiger partial charge on any atom is -0.306 e. The van der Waals surface area contributed by atoms with Gasteiger partial charge in [0.1, 0.15) is 11.4 Å². The van der Waals surface area contributed by atoms with Gasteiger partial charge in [0.2, 0.25) is 10.0 Å². The molecule has 11 heteroatoms. The molecule has 0 spiro atoms. The van der Waals surface area contributed by atoms with Crippen molar-refractivity contribution in [3.63, 3.8) is 0 Å². The van der Waals surface area contributed by atoms with E-state index in [1.54, 1.807) is 29.2 Å². The molecule has 0 fully saturated rings. The maximum atomic E-state index is 13.1. The second-order valence-electron chi connectivity index (χ2n) is 8.16. The van der Waals surface area contributed by atoms with Crippen LogP contribution in [0.4, 0.5) is 5.82 Å². The maximum absolute atomic E-state index is 13.1. The smallest absolute Gasteiger partial charge is 0.262 e. The molecule has 0 bridgehead atoms. The summed E-state index contributed by atoms with van der Waals surface area (Å²) in [4.78, 5) is 17.4. The third-order valence-corrected chi connectivity index (χ3v) is 6.99. The highest BCUT2D eigenvalue weighted by molar-refractivity contribution is 7.88. The number of aryl methyl sites for hydroxylation is 1. The van der Waals surface area contributed by atoms with Crippen LogP contribution in [0.2, 0.25) is 0 Å². The summed E-state index contributed by atoms with van der Waals surface area (Å²) in [5.41, 5.74) is 4.31. The highest BCUT2D eigenvalue weighted by atomic mass is 32.2. The summed E-state index contributed by atoms with van der Waals surface area (Å²) in [7, 11) is -3.25. The number of anilines is 1. The predicted octanol–water partition coefficient (Wildman–Crippen LogP) is 2.52. The molecule has 4 heterocycles. The molecule has 0 radical (unpaired) electrons. The zero-order valence-corrected chi connectivity index (χ0v) is 19.5. The largest absolute Gasteiger partial charge is 0.306 e. The van der Waals surface area contributed by atoms with Crippen LogP contribution in [-0.2, 0) is 10.0 Å². The van der Waals surface area contributed by atoms with Crippen LogP contribution in [-0.4, -0.2) is 62.4 Å². The van der Waals surface area contributed by atoms with Gasteiger partial charge in [0.25, 0.3) is 5.91 Å². The number of rotatable bonds is 5. The fourth-order valence-corrected chi connectivity index (χ4v) is 4.63. The first-order valence-corrected chi connectivity index (χ1v) is 12.6. The molecule has 34 heavy (non-hydrogen) atoms. The first-order valence-electron chi connectivity index (χ1n) is 10.7. The third kappa shape index (κ3) is 4.22. The molecule has 0 saturated heterocycles. The van der Waals surface area contributed by atoms with E-state index in [0.29, 0.717) is 42.2 Å². The van der Waals surface area contributed by atoms with Crippen LogP contribution < -0.4 is 5.32 Å². The van der Waals surface area contributed by atoms with Crippen molar-refractivity contribution < 1.29 is 13.2 Å². The van der Waals surface area contributed by atoms with Crippen molar-refractivity contribution >= 4 is 33.0 Å². The number of carbonyl (C=O) groups is 1. The lowest BCUT2D eigenvalue weighted by molar-refractivity contribution is 0.102. The Morgan fingerprint density at radius 2 is 1.97 bits per heavy atom. The number of benzene rings is 1. The number of nitrogens with one attached hydrogen (secondary N) is 1. The van der Waals surface area contributed by atoms with Crippen LogP contribution in [0, 0.1) is 6.92 Å². The number of amides is 1. The van der Waals surface area contributed by atoms with Gasteiger partial charge < -0.3 is 5.32 Å². The molecule has 3 aromatic heterocycles. The van der Waals surface area contributed by atoms with Crippen molar-refractivity contribution in [1.29, 1.82) is 0 Å². The lowest BCUT2D eigenvalue weighted by atomic mass is 10.1. The Labute approximate surface area is 196 Å². The Balaban J connectivity index is 1.50. The van der Waals surface area contributed by atoms with Gasteiger partial charge in [-0.2, -0.15) is 14.5 Å². The van der Waals surface area contributed by atoms with E-state index in [1.165, 1.54) is 21.3 Å². The molecule has 0 atom stereocenters. The SMILES string of the molecule is Cc1ccc(-n2nc(C3=CCN(S(C)(=O)=O)CC3)cc2NC(=O)c2cnn3cccnc23)cc1. The van der Waals surface area contributed by atoms with Crippen molar-refractivity contribution in [2.24, 2.45) is 0 Å². The average Bonchev–Trinajstić information content (AvgIpc) is 3.44. The van der Waals surface area contributed by atoms with Gasteiger partial charge in [-0.3, -0.25) is 4.79 Å². The van der Waals surface area contributed by atoms with Crippen LogP contribution in [0.1, 0.15) is 28.0 Å². The van der Waals surface area contributed by atoms with Crippen molar-refractivity contribution in [2.45, 2.75) is 13.3 Å². The molecule has 174 valence electrons. The van der Waals surface area contributed by atoms with Crippen LogP contribution in [0.25, 0.3) is 16.9 Å². The van der Waals surface area contributed by atoms with Gasteiger partial charge in [0.05, 0.1) is 23.8 Å². The normalized spacial score (nSPS) is 14.8. The molecule has 0 saturated carbocycles. The Bertz CT molecular complexity index is 1520. The molecule has 1 N–H and O–H groups in total. The summed E-state index contributed by atoms with van der Waals surface area (Å²) in [6.45, 7) is 2.68. The number of hydrogen-bond donors (Lipinski definition) is 1. The summed E-state index contributed by atoms with van der Waals surface area (Å²) in [5, 5.41) is 11.9. The van der Waals surface area contributed by atoms with Crippen molar-refractivity contribution in [3.05, 3.63) is 77.9 Å². The maximum Gasteiger partial charge on any atom is 0.262 e. The van der Waals surface area contributed by atoms with E-state index < -0.39 is 10.0 Å². The molecule has 5 rings (SSSR count). The second kappa shape index (κ2) is 8.50. The fourth-order valence-electron chi connectivity index (χ4n) is 3.87. The first kappa shape index (κ1) is 22.0. The molecule has 1 amide bonds. The zero-order chi connectivity index (χ0) is 23.9. The predicted molar refractivity (Wildman–Crippen MR) is 128 cm³/mol. The zero-order valence-electron chi connectivity index (χ0n) is 18.7. The minimum atomic E-state index is -3.25. The van der Waals surface area contributed by atoms with Gasteiger partial charge in [-0.1, -0.05) is 23.8 Å². The van der Waals surface area contributed by atoms with E-state index in [1.807, 2.05) is 37.3 Å². The number of aromatic nitrogens is 5. The van der Waals surface area contributed by atoms with E-state index in [0.717, 1.165) is 16.8 Å². The molecule has 4 aromatic rings. The number of nitrogens with zero attached hydrogens (tertiary/aromatic N) is 6. The number of sulfonamides is 1. The van der Waals surface area contributed by atoms with Gasteiger partial charge in [0.15, 0.2) is 5.65 Å². The Kier molecular flexibility index (Phi) is 5.50. The summed E-state index contributed by atoms with van der Waals surface area (Å²) in [6, 6.07) is 11.4. The molecule has 1 aliphatic heterocycles. The highest BCUT2D eigenvalue weighted by Gasteiger charge is 2.23. The minimum absolute atomic E-state index is 0.293. The van der Waals surface area contributed by atoms with Crippen LogP contribution in [0.5, 0.6) is 0 Å². The quantitative estimate of drug-likeness (QED) is 0.472. The summed E-state index contributed by atoms with van der Waals surface area (Å²) in [6.07, 6.45) is 8.42. The average molecular weight is 478 g/mol. The molecular weight excluding hydrogens is 454 g/mol. The lowest BCUT2D eigenvalue weighted by Gasteiger charge is -2.23. The number of fused-ring (bicyclic) bond motifs is 1. The van der Waals surface area contributed by atoms with Gasteiger partial charge in [-0.05, 0) is 37.1 Å². The van der Waals surface area contributed by atoms with Crippen molar-refractivity contribution in [2.75, 3.05) is 24.7 Å². The number of hydrogen-bond acceptors (Lipinski definition) is 6. The Morgan fingerprint density at radius 1 is 1.18 bits per heavy atom. The van der Waals surface area contributed by atoms with Crippen molar-refractivity contribution in [3.8, 4) is 5.69 Å². The monoisotopic (exact) mass is 477 g/mol. The molecular formula is C23H23N7O3S. The fraction of sp³-hybridized carbons (Fsp3) is 0.217. The van der Waals surface area contributed by atoms with E-state index >= 15 is 0 Å². The third-order valence-electron chi connectivity index (χ3n) is 5.72. The highest BCUT2D eigenvalue weighted by Crippen LogP contribution is 2.27. The topological polar surface area (TPSA) is 114 Å². The standard InChI is InChI=1S/C23H23N7O3S/c1-16-4-6-18(7-5-16)30-21(26-23(31)19-15-25-29-11-3-10-24-22(19)29)14-20(27-30)17-8-12-28(13-9-17)34(2,32)33/h3-8,10-11,14-15H,9,12-13H2,1-2H3,(H,26,31). The first-order chi connectivity index (χ1) is 16.3. The van der Waals surface area contributed by atoms with Crippen LogP contribution in [0.3, 0.4) is 0 Å². The van der Waals surface area contributed by atoms with Gasteiger partial charge in [-0.25, -0.2) is 22.6 Å². The van der Waals surface area contributed by atoms with Gasteiger partial charge in [-0.15, -0.1) is 0 Å². The van der Waals surface area contributed by atoms with E-state index in [2.05, 4.69) is 15.4 Å². The van der Waals surface area contributed by atoms with Crippen LogP contribution in [0.15, 0.2) is 61.1 Å². The van der Waals surface area contributed by atoms with Crippen LogP contribution >= 0.6 is 0 Å². The summed E-state index contributed by atoms with van der Waals surface area (Å²) >= 11 is 0. The molecule has 0 aliphatic carbocycles. The van der Waals surface area contributed by atoms with E-state index in [9.17, 15) is 13.2 Å². The molecule has 1 aromatic carbocycles. The number of carbonyl (C=O) groups excluding carboxylic acids is 1. The van der Waals surface area contributed by atoms with Gasteiger partial charge >= 0.3 is 0 Å². The van der Waals surface area contributed by atoms with Crippen molar-refractivity contribution in [1.82, 2.24) is 28.7 Å². The van der Waals surface area contributed by atoms with E-state index in [-0.39, 0.29) is 5.91 Å². The van der Waals surface area contributed by atoms with Gasteiger partial charge in [0, 0.05) is 31.5 Å². The lowest BCUT2D eigenvalue weighted by Crippen LogP contribution is -2.33. The second-order valence-corrected chi connectivity index (χ2v) is 10.1.